The summed E-state index contributed by atoms with van der Waals surface area (Å²) in [5.74, 6) is 1.69. The molecule has 2 heterocycles. The van der Waals surface area contributed by atoms with Crippen LogP contribution < -0.4 is 10.1 Å². The lowest BCUT2D eigenvalue weighted by atomic mass is 10.1. The number of halogens is 2. The molecule has 6 heteroatoms. The first-order valence-electron chi connectivity index (χ1n) is 7.00. The second-order valence-electron chi connectivity index (χ2n) is 5.21. The van der Waals surface area contributed by atoms with Gasteiger partial charge in [0.1, 0.15) is 11.6 Å². The first-order valence-corrected chi connectivity index (χ1v) is 7.00. The van der Waals surface area contributed by atoms with E-state index in [1.54, 1.807) is 18.3 Å². The Morgan fingerprint density at radius 2 is 2.29 bits per heavy atom. The summed E-state index contributed by atoms with van der Waals surface area (Å²) in [6.07, 6.45) is 3.80. The lowest BCUT2D eigenvalue weighted by Crippen LogP contribution is -2.11. The first kappa shape index (κ1) is 14.0. The molecule has 1 aliphatic heterocycles. The summed E-state index contributed by atoms with van der Waals surface area (Å²) in [5, 5.41) is 3.33. The van der Waals surface area contributed by atoms with E-state index < -0.39 is 6.61 Å². The van der Waals surface area contributed by atoms with Gasteiger partial charge in [-0.1, -0.05) is 12.1 Å². The molecule has 112 valence electrons. The number of benzene rings is 1. The van der Waals surface area contributed by atoms with E-state index in [4.69, 9.17) is 0 Å². The van der Waals surface area contributed by atoms with Crippen molar-refractivity contribution in [2.75, 3.05) is 13.1 Å². The molecule has 0 amide bonds. The minimum Gasteiger partial charge on any atom is -0.435 e. The van der Waals surface area contributed by atoms with E-state index in [1.807, 2.05) is 6.07 Å². The molecular formula is C15H17F2N3O. The number of ether oxygens (including phenoxy) is 1. The molecule has 1 aliphatic rings. The molecule has 3 rings (SSSR count). The molecule has 0 spiro atoms. The van der Waals surface area contributed by atoms with Crippen LogP contribution in [0.1, 0.15) is 12.2 Å². The fourth-order valence-electron chi connectivity index (χ4n) is 2.61. The zero-order valence-electron chi connectivity index (χ0n) is 11.5. The summed E-state index contributed by atoms with van der Waals surface area (Å²) in [6, 6.07) is 6.62. The predicted octanol–water partition coefficient (Wildman–Crippen LogP) is 2.83. The number of aromatic nitrogens is 2. The highest BCUT2D eigenvalue weighted by Gasteiger charge is 2.16. The van der Waals surface area contributed by atoms with E-state index in [9.17, 15) is 8.78 Å². The Morgan fingerprint density at radius 3 is 3.05 bits per heavy atom. The Morgan fingerprint density at radius 1 is 1.38 bits per heavy atom. The van der Waals surface area contributed by atoms with Crippen molar-refractivity contribution in [2.45, 2.75) is 19.5 Å². The predicted molar refractivity (Wildman–Crippen MR) is 75.3 cm³/mol. The highest BCUT2D eigenvalue weighted by atomic mass is 19.3. The number of imidazole rings is 1. The van der Waals surface area contributed by atoms with Crippen LogP contribution in [-0.2, 0) is 6.42 Å². The number of nitrogens with one attached hydrogen (secondary N) is 2. The van der Waals surface area contributed by atoms with Gasteiger partial charge in [0.05, 0.1) is 11.9 Å². The monoisotopic (exact) mass is 293 g/mol. The fraction of sp³-hybridized carbons (Fsp3) is 0.400. The standard InChI is InChI=1S/C15H17F2N3O/c16-15(17)21-12-3-1-2-11(7-12)13-9-19-14(20-13)6-10-4-5-18-8-10/h1-3,7,9-10,15,18H,4-6,8H2,(H,19,20). The van der Waals surface area contributed by atoms with Gasteiger partial charge in [-0.05, 0) is 37.6 Å². The molecule has 2 aromatic rings. The number of aromatic amines is 1. The lowest BCUT2D eigenvalue weighted by Gasteiger charge is -2.06. The molecule has 1 unspecified atom stereocenters. The van der Waals surface area contributed by atoms with Gasteiger partial charge < -0.3 is 15.0 Å². The summed E-state index contributed by atoms with van der Waals surface area (Å²) >= 11 is 0. The van der Waals surface area contributed by atoms with E-state index in [2.05, 4.69) is 20.0 Å². The van der Waals surface area contributed by atoms with Gasteiger partial charge in [-0.25, -0.2) is 4.98 Å². The maximum atomic E-state index is 12.2. The van der Waals surface area contributed by atoms with E-state index in [0.717, 1.165) is 43.0 Å². The smallest absolute Gasteiger partial charge is 0.387 e. The Bertz CT molecular complexity index is 594. The van der Waals surface area contributed by atoms with Crippen molar-refractivity contribution < 1.29 is 13.5 Å². The Labute approximate surface area is 121 Å². The summed E-state index contributed by atoms with van der Waals surface area (Å²) in [7, 11) is 0. The molecule has 1 saturated heterocycles. The Hall–Kier alpha value is -1.95. The van der Waals surface area contributed by atoms with Crippen molar-refractivity contribution in [1.82, 2.24) is 15.3 Å². The van der Waals surface area contributed by atoms with Crippen LogP contribution in [0.15, 0.2) is 30.5 Å². The van der Waals surface area contributed by atoms with E-state index in [1.165, 1.54) is 6.07 Å². The van der Waals surface area contributed by atoms with Gasteiger partial charge in [0.15, 0.2) is 0 Å². The molecule has 1 aromatic heterocycles. The number of rotatable bonds is 5. The van der Waals surface area contributed by atoms with Crippen molar-refractivity contribution in [3.05, 3.63) is 36.3 Å². The molecule has 0 radical (unpaired) electrons. The summed E-state index contributed by atoms with van der Waals surface area (Å²) in [4.78, 5) is 7.63. The molecule has 1 fully saturated rings. The van der Waals surface area contributed by atoms with Crippen LogP contribution in [-0.4, -0.2) is 29.7 Å². The van der Waals surface area contributed by atoms with Crippen molar-refractivity contribution in [3.63, 3.8) is 0 Å². The molecule has 4 nitrogen and oxygen atoms in total. The SMILES string of the molecule is FC(F)Oc1cccc(-c2cnc(CC3CCNC3)[nH]2)c1. The average molecular weight is 293 g/mol. The summed E-state index contributed by atoms with van der Waals surface area (Å²) in [5.41, 5.74) is 1.60. The third kappa shape index (κ3) is 3.58. The maximum Gasteiger partial charge on any atom is 0.387 e. The van der Waals surface area contributed by atoms with Crippen LogP contribution in [0.25, 0.3) is 11.3 Å². The highest BCUT2D eigenvalue weighted by Crippen LogP contribution is 2.24. The second kappa shape index (κ2) is 6.22. The topological polar surface area (TPSA) is 49.9 Å². The minimum atomic E-state index is -2.81. The van der Waals surface area contributed by atoms with Gasteiger partial charge >= 0.3 is 6.61 Å². The third-order valence-electron chi connectivity index (χ3n) is 3.64. The van der Waals surface area contributed by atoms with Gasteiger partial charge in [0, 0.05) is 12.0 Å². The van der Waals surface area contributed by atoms with Crippen molar-refractivity contribution in [2.24, 2.45) is 5.92 Å². The fourth-order valence-corrected chi connectivity index (χ4v) is 2.61. The average Bonchev–Trinajstić information content (AvgIpc) is 3.10. The van der Waals surface area contributed by atoms with Crippen LogP contribution in [0.5, 0.6) is 5.75 Å². The normalized spacial score (nSPS) is 18.3. The quantitative estimate of drug-likeness (QED) is 0.891. The van der Waals surface area contributed by atoms with Crippen LogP contribution >= 0.6 is 0 Å². The first-order chi connectivity index (χ1) is 10.2. The van der Waals surface area contributed by atoms with Gasteiger partial charge in [0.25, 0.3) is 0 Å². The van der Waals surface area contributed by atoms with E-state index >= 15 is 0 Å². The maximum absolute atomic E-state index is 12.2. The van der Waals surface area contributed by atoms with Crippen LogP contribution in [0.4, 0.5) is 8.78 Å². The Kier molecular flexibility index (Phi) is 4.15. The minimum absolute atomic E-state index is 0.152. The van der Waals surface area contributed by atoms with Crippen molar-refractivity contribution in [1.29, 1.82) is 0 Å². The zero-order chi connectivity index (χ0) is 14.7. The number of alkyl halides is 2. The van der Waals surface area contributed by atoms with Gasteiger partial charge in [-0.2, -0.15) is 8.78 Å². The molecule has 1 aromatic carbocycles. The second-order valence-corrected chi connectivity index (χ2v) is 5.21. The number of hydrogen-bond acceptors (Lipinski definition) is 3. The number of H-pyrrole nitrogens is 1. The molecule has 21 heavy (non-hydrogen) atoms. The van der Waals surface area contributed by atoms with Crippen LogP contribution in [0, 0.1) is 5.92 Å². The summed E-state index contributed by atoms with van der Waals surface area (Å²) < 4.78 is 28.9. The highest BCUT2D eigenvalue weighted by molar-refractivity contribution is 5.60. The molecule has 0 aliphatic carbocycles. The Balaban J connectivity index is 1.73. The largest absolute Gasteiger partial charge is 0.435 e. The lowest BCUT2D eigenvalue weighted by molar-refractivity contribution is -0.0498. The van der Waals surface area contributed by atoms with E-state index in [0.29, 0.717) is 5.92 Å². The van der Waals surface area contributed by atoms with Crippen molar-refractivity contribution >= 4 is 0 Å². The number of nitrogens with zero attached hydrogens (tertiary/aromatic N) is 1. The van der Waals surface area contributed by atoms with Crippen LogP contribution in [0.2, 0.25) is 0 Å². The zero-order valence-corrected chi connectivity index (χ0v) is 11.5. The third-order valence-corrected chi connectivity index (χ3v) is 3.64. The molecule has 0 saturated carbocycles. The van der Waals surface area contributed by atoms with Crippen LogP contribution in [0.3, 0.4) is 0 Å². The summed E-state index contributed by atoms with van der Waals surface area (Å²) in [6.45, 7) is -0.730. The van der Waals surface area contributed by atoms with Gasteiger partial charge in [0.2, 0.25) is 0 Å². The van der Waals surface area contributed by atoms with Gasteiger partial charge in [-0.15, -0.1) is 0 Å². The molecule has 0 bridgehead atoms. The molecule has 2 N–H and O–H groups in total. The van der Waals surface area contributed by atoms with Gasteiger partial charge in [-0.3, -0.25) is 0 Å². The molecule has 1 atom stereocenters. The molecular weight excluding hydrogens is 276 g/mol. The van der Waals surface area contributed by atoms with Crippen molar-refractivity contribution in [3.8, 4) is 17.0 Å². The number of hydrogen-bond donors (Lipinski definition) is 2. The van der Waals surface area contributed by atoms with E-state index in [-0.39, 0.29) is 5.75 Å².